The van der Waals surface area contributed by atoms with E-state index in [1.807, 2.05) is 12.1 Å². The normalized spacial score (nSPS) is 10.4. The number of thioether (sulfide) groups is 1. The van der Waals surface area contributed by atoms with Gasteiger partial charge in [0, 0.05) is 10.3 Å². The lowest BCUT2D eigenvalue weighted by Gasteiger charge is -1.97. The number of nitrogens with zero attached hydrogens (tertiary/aromatic N) is 2. The maximum atomic E-state index is 4.00. The van der Waals surface area contributed by atoms with Crippen LogP contribution in [0, 0.1) is 0 Å². The van der Waals surface area contributed by atoms with E-state index >= 15 is 0 Å². The van der Waals surface area contributed by atoms with E-state index in [-0.39, 0.29) is 0 Å². The van der Waals surface area contributed by atoms with Crippen molar-refractivity contribution in [2.75, 3.05) is 6.26 Å². The summed E-state index contributed by atoms with van der Waals surface area (Å²) < 4.78 is 0. The van der Waals surface area contributed by atoms with Crippen LogP contribution in [0.25, 0.3) is 10.9 Å². The molecule has 2 nitrogen and oxygen atoms in total. The standard InChI is InChI=1S/C9H8N2S/c1-12-8-2-3-9-7(6-8)4-5-10-11-9/h2-6H,1H3. The quantitative estimate of drug-likeness (QED) is 0.624. The van der Waals surface area contributed by atoms with Crippen LogP contribution in [0.5, 0.6) is 0 Å². The summed E-state index contributed by atoms with van der Waals surface area (Å²) in [6.07, 6.45) is 3.78. The first kappa shape index (κ1) is 7.55. The third-order valence-corrected chi connectivity index (χ3v) is 2.45. The van der Waals surface area contributed by atoms with Gasteiger partial charge >= 0.3 is 0 Å². The predicted octanol–water partition coefficient (Wildman–Crippen LogP) is 2.35. The molecule has 3 heteroatoms. The summed E-state index contributed by atoms with van der Waals surface area (Å²) >= 11 is 1.74. The maximum Gasteiger partial charge on any atom is 0.0930 e. The first-order chi connectivity index (χ1) is 5.90. The Morgan fingerprint density at radius 1 is 1.25 bits per heavy atom. The van der Waals surface area contributed by atoms with Crippen LogP contribution in [-0.2, 0) is 0 Å². The molecule has 0 fully saturated rings. The van der Waals surface area contributed by atoms with Crippen LogP contribution >= 0.6 is 11.8 Å². The number of aromatic nitrogens is 2. The highest BCUT2D eigenvalue weighted by molar-refractivity contribution is 7.98. The van der Waals surface area contributed by atoms with E-state index in [0.717, 1.165) is 10.9 Å². The Morgan fingerprint density at radius 3 is 3.00 bits per heavy atom. The zero-order chi connectivity index (χ0) is 8.39. The first-order valence-electron chi connectivity index (χ1n) is 3.65. The predicted molar refractivity (Wildman–Crippen MR) is 51.3 cm³/mol. The average molecular weight is 176 g/mol. The Hall–Kier alpha value is -1.09. The van der Waals surface area contributed by atoms with Crippen LogP contribution in [0.2, 0.25) is 0 Å². The molecule has 0 spiro atoms. The molecule has 0 saturated carbocycles. The lowest BCUT2D eigenvalue weighted by atomic mass is 10.2. The molecule has 0 atom stereocenters. The van der Waals surface area contributed by atoms with E-state index in [1.54, 1.807) is 18.0 Å². The molecule has 0 radical (unpaired) electrons. The van der Waals surface area contributed by atoms with Crippen LogP contribution in [0.15, 0.2) is 35.4 Å². The average Bonchev–Trinajstić information content (AvgIpc) is 2.17. The molecule has 0 saturated heterocycles. The second-order valence-electron chi connectivity index (χ2n) is 2.46. The Bertz CT molecular complexity index is 400. The molecule has 0 N–H and O–H groups in total. The van der Waals surface area contributed by atoms with Crippen molar-refractivity contribution in [3.63, 3.8) is 0 Å². The molecule has 0 aliphatic rings. The van der Waals surface area contributed by atoms with Gasteiger partial charge in [0.2, 0.25) is 0 Å². The van der Waals surface area contributed by atoms with Crippen LogP contribution in [0.3, 0.4) is 0 Å². The summed E-state index contributed by atoms with van der Waals surface area (Å²) in [5.74, 6) is 0. The fraction of sp³-hybridized carbons (Fsp3) is 0.111. The summed E-state index contributed by atoms with van der Waals surface area (Å²) in [4.78, 5) is 1.26. The van der Waals surface area contributed by atoms with Gasteiger partial charge in [0.1, 0.15) is 0 Å². The van der Waals surface area contributed by atoms with Gasteiger partial charge in [-0.25, -0.2) is 0 Å². The number of hydrogen-bond donors (Lipinski definition) is 0. The van der Waals surface area contributed by atoms with Gasteiger partial charge in [-0.1, -0.05) is 0 Å². The van der Waals surface area contributed by atoms with Crippen molar-refractivity contribution < 1.29 is 0 Å². The summed E-state index contributed by atoms with van der Waals surface area (Å²) in [5.41, 5.74) is 0.954. The molecule has 1 heterocycles. The minimum atomic E-state index is 0.954. The molecular formula is C9H8N2S. The van der Waals surface area contributed by atoms with Crippen molar-refractivity contribution in [3.8, 4) is 0 Å². The Kier molecular flexibility index (Phi) is 1.96. The zero-order valence-corrected chi connectivity index (χ0v) is 7.51. The van der Waals surface area contributed by atoms with Crippen molar-refractivity contribution in [3.05, 3.63) is 30.5 Å². The van der Waals surface area contributed by atoms with Crippen molar-refractivity contribution >= 4 is 22.7 Å². The summed E-state index contributed by atoms with van der Waals surface area (Å²) in [6, 6.07) is 8.15. The highest BCUT2D eigenvalue weighted by Gasteiger charge is 1.94. The van der Waals surface area contributed by atoms with Gasteiger partial charge in [-0.15, -0.1) is 11.8 Å². The Morgan fingerprint density at radius 2 is 2.17 bits per heavy atom. The number of rotatable bonds is 1. The van der Waals surface area contributed by atoms with Crippen LogP contribution < -0.4 is 0 Å². The fourth-order valence-electron chi connectivity index (χ4n) is 1.09. The summed E-state index contributed by atoms with van der Waals surface area (Å²) in [7, 11) is 0. The van der Waals surface area contributed by atoms with E-state index < -0.39 is 0 Å². The number of benzene rings is 1. The third kappa shape index (κ3) is 1.28. The van der Waals surface area contributed by atoms with E-state index in [4.69, 9.17) is 0 Å². The molecule has 1 aromatic carbocycles. The van der Waals surface area contributed by atoms with Gasteiger partial charge in [0.25, 0.3) is 0 Å². The van der Waals surface area contributed by atoms with Crippen LogP contribution in [0.4, 0.5) is 0 Å². The monoisotopic (exact) mass is 176 g/mol. The lowest BCUT2D eigenvalue weighted by molar-refractivity contribution is 1.07. The topological polar surface area (TPSA) is 25.8 Å². The van der Waals surface area contributed by atoms with E-state index in [0.29, 0.717) is 0 Å². The third-order valence-electron chi connectivity index (χ3n) is 1.72. The number of hydrogen-bond acceptors (Lipinski definition) is 3. The van der Waals surface area contributed by atoms with Gasteiger partial charge in [-0.2, -0.15) is 10.2 Å². The van der Waals surface area contributed by atoms with Crippen LogP contribution in [-0.4, -0.2) is 16.5 Å². The minimum Gasteiger partial charge on any atom is -0.159 e. The molecule has 1 aromatic heterocycles. The smallest absolute Gasteiger partial charge is 0.0930 e. The second kappa shape index (κ2) is 3.11. The SMILES string of the molecule is CSc1ccc2nnccc2c1. The summed E-state index contributed by atoms with van der Waals surface area (Å²) in [5, 5.41) is 8.96. The Balaban J connectivity index is 2.67. The first-order valence-corrected chi connectivity index (χ1v) is 4.88. The molecule has 12 heavy (non-hydrogen) atoms. The number of fused-ring (bicyclic) bond motifs is 1. The van der Waals surface area contributed by atoms with E-state index in [9.17, 15) is 0 Å². The minimum absolute atomic E-state index is 0.954. The van der Waals surface area contributed by atoms with Crippen molar-refractivity contribution in [2.24, 2.45) is 0 Å². The Labute approximate surface area is 75.0 Å². The van der Waals surface area contributed by atoms with Gasteiger partial charge in [0.15, 0.2) is 0 Å². The van der Waals surface area contributed by atoms with Gasteiger partial charge in [0.05, 0.1) is 11.7 Å². The van der Waals surface area contributed by atoms with Crippen LogP contribution in [0.1, 0.15) is 0 Å². The van der Waals surface area contributed by atoms with Crippen molar-refractivity contribution in [1.29, 1.82) is 0 Å². The highest BCUT2D eigenvalue weighted by atomic mass is 32.2. The molecule has 2 aromatic rings. The van der Waals surface area contributed by atoms with Crippen molar-refractivity contribution in [2.45, 2.75) is 4.90 Å². The van der Waals surface area contributed by atoms with Crippen molar-refractivity contribution in [1.82, 2.24) is 10.2 Å². The second-order valence-corrected chi connectivity index (χ2v) is 3.34. The van der Waals surface area contributed by atoms with Gasteiger partial charge in [-0.05, 0) is 30.5 Å². The molecule has 2 rings (SSSR count). The molecule has 0 unspecified atom stereocenters. The molecule has 60 valence electrons. The molecule has 0 aliphatic heterocycles. The highest BCUT2D eigenvalue weighted by Crippen LogP contribution is 2.19. The fourth-order valence-corrected chi connectivity index (χ4v) is 1.54. The van der Waals surface area contributed by atoms with E-state index in [2.05, 4.69) is 28.6 Å². The van der Waals surface area contributed by atoms with E-state index in [1.165, 1.54) is 4.90 Å². The van der Waals surface area contributed by atoms with Gasteiger partial charge in [-0.3, -0.25) is 0 Å². The molecule has 0 aliphatic carbocycles. The molecule has 0 amide bonds. The largest absolute Gasteiger partial charge is 0.159 e. The lowest BCUT2D eigenvalue weighted by Crippen LogP contribution is -1.81. The summed E-state index contributed by atoms with van der Waals surface area (Å²) in [6.45, 7) is 0. The molecular weight excluding hydrogens is 168 g/mol. The zero-order valence-electron chi connectivity index (χ0n) is 6.69. The molecule has 0 bridgehead atoms. The maximum absolute atomic E-state index is 4.00. The van der Waals surface area contributed by atoms with Gasteiger partial charge < -0.3 is 0 Å².